The van der Waals surface area contributed by atoms with E-state index in [0.717, 1.165) is 6.42 Å². The largest absolute Gasteiger partial charge is 0.482 e. The average molecular weight is 293 g/mol. The summed E-state index contributed by atoms with van der Waals surface area (Å²) in [4.78, 5) is 23.4. The van der Waals surface area contributed by atoms with E-state index < -0.39 is 0 Å². The summed E-state index contributed by atoms with van der Waals surface area (Å²) in [7, 11) is 0. The van der Waals surface area contributed by atoms with Gasteiger partial charge in [0.15, 0.2) is 6.61 Å². The summed E-state index contributed by atoms with van der Waals surface area (Å²) < 4.78 is 5.40. The van der Waals surface area contributed by atoms with E-state index in [1.54, 1.807) is 12.1 Å². The fourth-order valence-electron chi connectivity index (χ4n) is 1.63. The van der Waals surface area contributed by atoms with Crippen molar-refractivity contribution < 1.29 is 14.3 Å². The molecule has 1 aromatic rings. The highest BCUT2D eigenvalue weighted by molar-refractivity contribution is 5.95. The average Bonchev–Trinajstić information content (AvgIpc) is 2.46. The first-order valence-electron chi connectivity index (χ1n) is 7.07. The monoisotopic (exact) mass is 293 g/mol. The Bertz CT molecular complexity index is 503. The maximum atomic E-state index is 11.7. The minimum atomic E-state index is -0.216. The number of carbonyl (C=O) groups excluding carboxylic acids is 2. The second-order valence-corrected chi connectivity index (χ2v) is 4.78. The van der Waals surface area contributed by atoms with Gasteiger partial charge in [-0.05, 0) is 38.5 Å². The van der Waals surface area contributed by atoms with Crippen LogP contribution in [0.2, 0.25) is 0 Å². The van der Waals surface area contributed by atoms with Gasteiger partial charge in [-0.1, -0.05) is 6.92 Å². The number of ether oxygens (including phenoxy) is 1. The number of carbonyl (C=O) groups is 2. The van der Waals surface area contributed by atoms with E-state index in [4.69, 9.17) is 10.5 Å². The van der Waals surface area contributed by atoms with Crippen LogP contribution in [0.3, 0.4) is 0 Å². The summed E-state index contributed by atoms with van der Waals surface area (Å²) in [5.41, 5.74) is 6.62. The van der Waals surface area contributed by atoms with Gasteiger partial charge in [0.05, 0.1) is 5.69 Å². The number of rotatable bonds is 7. The van der Waals surface area contributed by atoms with Crippen molar-refractivity contribution in [3.63, 3.8) is 0 Å². The lowest BCUT2D eigenvalue weighted by Gasteiger charge is -2.13. The molecule has 1 rings (SSSR count). The van der Waals surface area contributed by atoms with E-state index >= 15 is 0 Å². The maximum Gasteiger partial charge on any atom is 0.258 e. The predicted molar refractivity (Wildman–Crippen MR) is 82.3 cm³/mol. The second-order valence-electron chi connectivity index (χ2n) is 4.78. The van der Waals surface area contributed by atoms with Crippen LogP contribution >= 0.6 is 0 Å². The van der Waals surface area contributed by atoms with Gasteiger partial charge in [0.2, 0.25) is 0 Å². The minimum absolute atomic E-state index is 0.0973. The van der Waals surface area contributed by atoms with E-state index in [1.165, 1.54) is 6.07 Å². The first-order valence-corrected chi connectivity index (χ1v) is 7.07. The SMILES string of the molecule is CCNC(=O)c1ccc(N)c(OCC(=O)NC(C)CC)c1. The molecule has 1 aromatic carbocycles. The molecule has 0 heterocycles. The molecule has 0 aliphatic rings. The van der Waals surface area contributed by atoms with E-state index in [-0.39, 0.29) is 24.5 Å². The predicted octanol–water partition coefficient (Wildman–Crippen LogP) is 1.31. The van der Waals surface area contributed by atoms with Crippen LogP contribution in [0.1, 0.15) is 37.6 Å². The van der Waals surface area contributed by atoms with Gasteiger partial charge in [-0.25, -0.2) is 0 Å². The Morgan fingerprint density at radius 3 is 2.67 bits per heavy atom. The minimum Gasteiger partial charge on any atom is -0.482 e. The standard InChI is InChI=1S/C15H23N3O3/c1-4-10(3)18-14(19)9-21-13-8-11(6-7-12(13)16)15(20)17-5-2/h6-8,10H,4-5,9,16H2,1-3H3,(H,17,20)(H,18,19). The normalized spacial score (nSPS) is 11.6. The van der Waals surface area contributed by atoms with Crippen LogP contribution < -0.4 is 21.1 Å². The highest BCUT2D eigenvalue weighted by Gasteiger charge is 2.11. The van der Waals surface area contributed by atoms with Crippen molar-refractivity contribution in [1.82, 2.24) is 10.6 Å². The van der Waals surface area contributed by atoms with Crippen molar-refractivity contribution in [2.24, 2.45) is 0 Å². The van der Waals surface area contributed by atoms with Crippen LogP contribution in [0.15, 0.2) is 18.2 Å². The Balaban J connectivity index is 2.68. The smallest absolute Gasteiger partial charge is 0.258 e. The Hall–Kier alpha value is -2.24. The summed E-state index contributed by atoms with van der Waals surface area (Å²) in [6.45, 7) is 6.15. The third kappa shape index (κ3) is 5.33. The molecule has 1 atom stereocenters. The lowest BCUT2D eigenvalue weighted by molar-refractivity contribution is -0.123. The number of anilines is 1. The molecule has 4 N–H and O–H groups in total. The third-order valence-electron chi connectivity index (χ3n) is 2.99. The maximum absolute atomic E-state index is 11.7. The van der Waals surface area contributed by atoms with Crippen LogP contribution in [-0.4, -0.2) is 31.0 Å². The molecule has 0 fully saturated rings. The van der Waals surface area contributed by atoms with E-state index in [0.29, 0.717) is 23.5 Å². The molecule has 2 amide bonds. The zero-order valence-corrected chi connectivity index (χ0v) is 12.7. The number of nitrogens with one attached hydrogen (secondary N) is 2. The lowest BCUT2D eigenvalue weighted by atomic mass is 10.2. The molecule has 6 heteroatoms. The molecule has 116 valence electrons. The highest BCUT2D eigenvalue weighted by atomic mass is 16.5. The number of hydrogen-bond donors (Lipinski definition) is 3. The van der Waals surface area contributed by atoms with Crippen molar-refractivity contribution in [3.05, 3.63) is 23.8 Å². The molecule has 0 aliphatic heterocycles. The number of nitrogens with two attached hydrogens (primary N) is 1. The lowest BCUT2D eigenvalue weighted by Crippen LogP contribution is -2.35. The molecule has 0 aromatic heterocycles. The molecule has 0 bridgehead atoms. The van der Waals surface area contributed by atoms with Crippen LogP contribution in [0.5, 0.6) is 5.75 Å². The number of amides is 2. The van der Waals surface area contributed by atoms with Crippen LogP contribution in [-0.2, 0) is 4.79 Å². The molecule has 0 aliphatic carbocycles. The van der Waals surface area contributed by atoms with Crippen molar-refractivity contribution in [2.75, 3.05) is 18.9 Å². The Labute approximate surface area is 125 Å². The zero-order chi connectivity index (χ0) is 15.8. The third-order valence-corrected chi connectivity index (χ3v) is 2.99. The van der Waals surface area contributed by atoms with Gasteiger partial charge in [0, 0.05) is 18.2 Å². The van der Waals surface area contributed by atoms with Gasteiger partial charge in [0.1, 0.15) is 5.75 Å². The van der Waals surface area contributed by atoms with Crippen molar-refractivity contribution in [3.8, 4) is 5.75 Å². The Morgan fingerprint density at radius 1 is 1.33 bits per heavy atom. The quantitative estimate of drug-likeness (QED) is 0.661. The van der Waals surface area contributed by atoms with E-state index in [9.17, 15) is 9.59 Å². The van der Waals surface area contributed by atoms with Gasteiger partial charge in [-0.3, -0.25) is 9.59 Å². The topological polar surface area (TPSA) is 93.5 Å². The van der Waals surface area contributed by atoms with Crippen LogP contribution in [0, 0.1) is 0 Å². The van der Waals surface area contributed by atoms with Crippen LogP contribution in [0.25, 0.3) is 0 Å². The number of nitrogen functional groups attached to an aromatic ring is 1. The molecular weight excluding hydrogens is 270 g/mol. The molecule has 6 nitrogen and oxygen atoms in total. The summed E-state index contributed by atoms with van der Waals surface area (Å²) in [6, 6.07) is 4.84. The van der Waals surface area contributed by atoms with Gasteiger partial charge < -0.3 is 21.1 Å². The molecule has 1 unspecified atom stereocenters. The van der Waals surface area contributed by atoms with Gasteiger partial charge in [-0.15, -0.1) is 0 Å². The summed E-state index contributed by atoms with van der Waals surface area (Å²) in [6.07, 6.45) is 0.848. The first kappa shape index (κ1) is 16.8. The summed E-state index contributed by atoms with van der Waals surface area (Å²) >= 11 is 0. The molecule has 0 radical (unpaired) electrons. The number of benzene rings is 1. The molecule has 0 spiro atoms. The summed E-state index contributed by atoms with van der Waals surface area (Å²) in [5.74, 6) is -0.0865. The van der Waals surface area contributed by atoms with Gasteiger partial charge in [0.25, 0.3) is 11.8 Å². The van der Waals surface area contributed by atoms with Crippen LogP contribution in [0.4, 0.5) is 5.69 Å². The molecular formula is C15H23N3O3. The Kier molecular flexibility index (Phi) is 6.52. The van der Waals surface area contributed by atoms with Crippen molar-refractivity contribution in [1.29, 1.82) is 0 Å². The first-order chi connectivity index (χ1) is 9.97. The highest BCUT2D eigenvalue weighted by Crippen LogP contribution is 2.22. The molecule has 21 heavy (non-hydrogen) atoms. The van der Waals surface area contributed by atoms with Crippen molar-refractivity contribution >= 4 is 17.5 Å². The van der Waals surface area contributed by atoms with E-state index in [1.807, 2.05) is 20.8 Å². The van der Waals surface area contributed by atoms with Gasteiger partial charge in [-0.2, -0.15) is 0 Å². The molecule has 0 saturated carbocycles. The fraction of sp³-hybridized carbons (Fsp3) is 0.467. The fourth-order valence-corrected chi connectivity index (χ4v) is 1.63. The Morgan fingerprint density at radius 2 is 2.05 bits per heavy atom. The number of hydrogen-bond acceptors (Lipinski definition) is 4. The second kappa shape index (κ2) is 8.14. The van der Waals surface area contributed by atoms with Crippen molar-refractivity contribution in [2.45, 2.75) is 33.2 Å². The zero-order valence-electron chi connectivity index (χ0n) is 12.7. The van der Waals surface area contributed by atoms with E-state index in [2.05, 4.69) is 10.6 Å². The van der Waals surface area contributed by atoms with Gasteiger partial charge >= 0.3 is 0 Å². The summed E-state index contributed by atoms with van der Waals surface area (Å²) in [5, 5.41) is 5.49. The molecule has 0 saturated heterocycles.